The highest BCUT2D eigenvalue weighted by Crippen LogP contribution is 2.12. The van der Waals surface area contributed by atoms with Gasteiger partial charge in [0.15, 0.2) is 5.96 Å². The summed E-state index contributed by atoms with van der Waals surface area (Å²) in [5.74, 6) is 0.287. The summed E-state index contributed by atoms with van der Waals surface area (Å²) < 4.78 is 14.7. The van der Waals surface area contributed by atoms with Gasteiger partial charge in [-0.15, -0.1) is 24.0 Å². The maximum atomic E-state index is 12.9. The molecule has 1 aromatic heterocycles. The van der Waals surface area contributed by atoms with Crippen LogP contribution in [0.5, 0.6) is 0 Å². The van der Waals surface area contributed by atoms with E-state index in [0.717, 1.165) is 5.69 Å². The van der Waals surface area contributed by atoms with E-state index in [0.29, 0.717) is 24.6 Å². The van der Waals surface area contributed by atoms with E-state index in [9.17, 15) is 9.50 Å². The van der Waals surface area contributed by atoms with E-state index in [-0.39, 0.29) is 36.3 Å². The van der Waals surface area contributed by atoms with Crippen molar-refractivity contribution >= 4 is 29.9 Å². The van der Waals surface area contributed by atoms with E-state index in [2.05, 4.69) is 20.7 Å². The Balaban J connectivity index is 0.00000288. The Hall–Kier alpha value is -1.68. The summed E-state index contributed by atoms with van der Waals surface area (Å²) >= 11 is 0. The number of hydrogen-bond acceptors (Lipinski definition) is 3. The zero-order chi connectivity index (χ0) is 16.7. The third-order valence-electron chi connectivity index (χ3n) is 3.38. The summed E-state index contributed by atoms with van der Waals surface area (Å²) in [6, 6.07) is 7.71. The monoisotopic (exact) mass is 447 g/mol. The quantitative estimate of drug-likeness (QED) is 0.360. The van der Waals surface area contributed by atoms with E-state index < -0.39 is 6.10 Å². The molecule has 8 heteroatoms. The van der Waals surface area contributed by atoms with Gasteiger partial charge in [0.1, 0.15) is 5.82 Å². The molecule has 1 aromatic carbocycles. The molecule has 3 N–H and O–H groups in total. The summed E-state index contributed by atoms with van der Waals surface area (Å²) in [4.78, 5) is 4.46. The molecular formula is C16H23FIN5O. The zero-order valence-electron chi connectivity index (χ0n) is 13.7. The number of hydrogen-bond donors (Lipinski definition) is 3. The first kappa shape index (κ1) is 20.4. The van der Waals surface area contributed by atoms with Gasteiger partial charge < -0.3 is 15.7 Å². The van der Waals surface area contributed by atoms with E-state index in [4.69, 9.17) is 0 Å². The number of nitrogens with zero attached hydrogens (tertiary/aromatic N) is 3. The van der Waals surface area contributed by atoms with Crippen LogP contribution in [0.25, 0.3) is 0 Å². The van der Waals surface area contributed by atoms with E-state index in [1.807, 2.05) is 20.0 Å². The molecule has 6 nitrogen and oxygen atoms in total. The van der Waals surface area contributed by atoms with Crippen LogP contribution in [-0.4, -0.2) is 33.9 Å². The second kappa shape index (κ2) is 10.2. The van der Waals surface area contributed by atoms with Gasteiger partial charge in [0.2, 0.25) is 0 Å². The average molecular weight is 447 g/mol. The van der Waals surface area contributed by atoms with Crippen LogP contribution in [0.2, 0.25) is 0 Å². The van der Waals surface area contributed by atoms with Gasteiger partial charge in [-0.25, -0.2) is 9.38 Å². The number of rotatable bonds is 6. The number of nitrogens with one attached hydrogen (secondary N) is 2. The van der Waals surface area contributed by atoms with Crippen LogP contribution in [0.1, 0.15) is 24.3 Å². The minimum atomic E-state index is -0.740. The lowest BCUT2D eigenvalue weighted by Gasteiger charge is -2.15. The van der Waals surface area contributed by atoms with Crippen molar-refractivity contribution < 1.29 is 9.50 Å². The first-order chi connectivity index (χ1) is 11.1. The van der Waals surface area contributed by atoms with Crippen LogP contribution < -0.4 is 10.6 Å². The lowest BCUT2D eigenvalue weighted by Crippen LogP contribution is -2.39. The van der Waals surface area contributed by atoms with Crippen molar-refractivity contribution in [2.24, 2.45) is 12.0 Å². The topological polar surface area (TPSA) is 74.5 Å². The van der Waals surface area contributed by atoms with Crippen molar-refractivity contribution in [1.29, 1.82) is 0 Å². The Morgan fingerprint density at radius 2 is 2.00 bits per heavy atom. The van der Waals surface area contributed by atoms with Crippen LogP contribution in [0.3, 0.4) is 0 Å². The molecule has 1 atom stereocenters. The first-order valence-electron chi connectivity index (χ1n) is 7.52. The molecule has 0 aliphatic rings. The van der Waals surface area contributed by atoms with Gasteiger partial charge in [0.25, 0.3) is 0 Å². The van der Waals surface area contributed by atoms with E-state index in [1.165, 1.54) is 12.1 Å². The molecule has 1 heterocycles. The molecule has 1 unspecified atom stereocenters. The molecule has 0 saturated heterocycles. The van der Waals surface area contributed by atoms with E-state index >= 15 is 0 Å². The number of aryl methyl sites for hydroxylation is 1. The number of aliphatic imine (C=N–C) groups is 1. The number of halogens is 2. The highest BCUT2D eigenvalue weighted by Gasteiger charge is 2.08. The third kappa shape index (κ3) is 6.08. The van der Waals surface area contributed by atoms with Crippen LogP contribution in [0.15, 0.2) is 41.5 Å². The fourth-order valence-electron chi connectivity index (χ4n) is 2.05. The highest BCUT2D eigenvalue weighted by molar-refractivity contribution is 14.0. The Bertz CT molecular complexity index is 644. The SMILES string of the molecule is CCNC(=NCc1ccnn1C)NCC(O)c1ccc(F)cc1.I. The molecule has 24 heavy (non-hydrogen) atoms. The lowest BCUT2D eigenvalue weighted by atomic mass is 10.1. The summed E-state index contributed by atoms with van der Waals surface area (Å²) in [5.41, 5.74) is 1.64. The van der Waals surface area contributed by atoms with Crippen LogP contribution in [0, 0.1) is 5.82 Å². The molecule has 132 valence electrons. The van der Waals surface area contributed by atoms with Gasteiger partial charge in [-0.3, -0.25) is 4.68 Å². The fraction of sp³-hybridized carbons (Fsp3) is 0.375. The van der Waals surface area contributed by atoms with Gasteiger partial charge in [0.05, 0.1) is 18.3 Å². The average Bonchev–Trinajstić information content (AvgIpc) is 2.95. The van der Waals surface area contributed by atoms with Gasteiger partial charge in [-0.05, 0) is 30.7 Å². The molecule has 0 aliphatic heterocycles. The number of aliphatic hydroxyl groups excluding tert-OH is 1. The molecule has 0 fully saturated rings. The van der Waals surface area contributed by atoms with Crippen molar-refractivity contribution in [1.82, 2.24) is 20.4 Å². The van der Waals surface area contributed by atoms with Gasteiger partial charge >= 0.3 is 0 Å². The first-order valence-corrected chi connectivity index (χ1v) is 7.52. The Kier molecular flexibility index (Phi) is 8.69. The van der Waals surface area contributed by atoms with Crippen molar-refractivity contribution in [3.63, 3.8) is 0 Å². The normalized spacial score (nSPS) is 12.4. The smallest absolute Gasteiger partial charge is 0.191 e. The van der Waals surface area contributed by atoms with E-state index in [1.54, 1.807) is 23.0 Å². The molecule has 2 rings (SSSR count). The van der Waals surface area contributed by atoms with Crippen LogP contribution in [-0.2, 0) is 13.6 Å². The zero-order valence-corrected chi connectivity index (χ0v) is 16.1. The Morgan fingerprint density at radius 3 is 2.58 bits per heavy atom. The predicted octanol–water partition coefficient (Wildman–Crippen LogP) is 1.97. The number of guanidine groups is 1. The molecule has 0 amide bonds. The summed E-state index contributed by atoms with van der Waals surface area (Å²) in [6.07, 6.45) is 0.986. The Labute approximate surface area is 158 Å². The minimum Gasteiger partial charge on any atom is -0.387 e. The van der Waals surface area contributed by atoms with Crippen molar-refractivity contribution in [2.45, 2.75) is 19.6 Å². The summed E-state index contributed by atoms with van der Waals surface area (Å²) in [6.45, 7) is 3.45. The maximum absolute atomic E-state index is 12.9. The molecule has 0 bridgehead atoms. The standard InChI is InChI=1S/C16H22FN5O.HI/c1-3-18-16(19-10-14-8-9-21-22(14)2)20-11-15(23)12-4-6-13(17)7-5-12;/h4-9,15,23H,3,10-11H2,1-2H3,(H2,18,19,20);1H. The molecule has 2 aromatic rings. The second-order valence-corrected chi connectivity index (χ2v) is 5.09. The van der Waals surface area contributed by atoms with Crippen molar-refractivity contribution in [3.8, 4) is 0 Å². The molecule has 0 aliphatic carbocycles. The van der Waals surface area contributed by atoms with Crippen molar-refractivity contribution in [3.05, 3.63) is 53.6 Å². The largest absolute Gasteiger partial charge is 0.387 e. The minimum absolute atomic E-state index is 0. The number of benzene rings is 1. The molecular weight excluding hydrogens is 424 g/mol. The highest BCUT2D eigenvalue weighted by atomic mass is 127. The van der Waals surface area contributed by atoms with Crippen LogP contribution in [0.4, 0.5) is 4.39 Å². The number of aliphatic hydroxyl groups is 1. The molecule has 0 spiro atoms. The van der Waals surface area contributed by atoms with Gasteiger partial charge in [0, 0.05) is 26.3 Å². The lowest BCUT2D eigenvalue weighted by molar-refractivity contribution is 0.180. The predicted molar refractivity (Wildman–Crippen MR) is 103 cm³/mol. The van der Waals surface area contributed by atoms with Crippen molar-refractivity contribution in [2.75, 3.05) is 13.1 Å². The third-order valence-corrected chi connectivity index (χ3v) is 3.38. The molecule has 0 radical (unpaired) electrons. The second-order valence-electron chi connectivity index (χ2n) is 5.09. The Morgan fingerprint density at radius 1 is 1.29 bits per heavy atom. The summed E-state index contributed by atoms with van der Waals surface area (Å²) in [5, 5.41) is 20.4. The fourth-order valence-corrected chi connectivity index (χ4v) is 2.05. The van der Waals surface area contributed by atoms with Gasteiger partial charge in [-0.2, -0.15) is 5.10 Å². The number of aromatic nitrogens is 2. The molecule has 0 saturated carbocycles. The maximum Gasteiger partial charge on any atom is 0.191 e. The summed E-state index contributed by atoms with van der Waals surface area (Å²) in [7, 11) is 1.86. The van der Waals surface area contributed by atoms with Crippen LogP contribution >= 0.6 is 24.0 Å². The van der Waals surface area contributed by atoms with Gasteiger partial charge in [-0.1, -0.05) is 12.1 Å².